The lowest BCUT2D eigenvalue weighted by Crippen LogP contribution is -2.45. The summed E-state index contributed by atoms with van der Waals surface area (Å²) in [5.74, 6) is -1.34. The van der Waals surface area contributed by atoms with E-state index >= 15 is 0 Å². The van der Waals surface area contributed by atoms with Crippen LogP contribution in [0.2, 0.25) is 0 Å². The Kier molecular flexibility index (Phi) is 5.02. The Bertz CT molecular complexity index is 487. The molecule has 1 heterocycles. The Morgan fingerprint density at radius 1 is 1.53 bits per heavy atom. The van der Waals surface area contributed by atoms with Gasteiger partial charge in [-0.05, 0) is 24.4 Å². The molecular formula is C12H19N3O3S. The van der Waals surface area contributed by atoms with Crippen LogP contribution in [0, 0.1) is 12.8 Å². The zero-order valence-electron chi connectivity index (χ0n) is 11.5. The molecule has 0 radical (unpaired) electrons. The maximum Gasteiger partial charge on any atom is 0.340 e. The lowest BCUT2D eigenvalue weighted by molar-refractivity contribution is -0.120. The molecule has 1 amide bonds. The van der Waals surface area contributed by atoms with Crippen molar-refractivity contribution in [3.05, 3.63) is 11.3 Å². The van der Waals surface area contributed by atoms with Gasteiger partial charge in [-0.25, -0.2) is 4.79 Å². The van der Waals surface area contributed by atoms with Crippen molar-refractivity contribution in [1.29, 1.82) is 0 Å². The number of anilines is 1. The van der Waals surface area contributed by atoms with E-state index in [1.807, 2.05) is 13.8 Å². The summed E-state index contributed by atoms with van der Waals surface area (Å²) in [5.41, 5.74) is 6.36. The minimum atomic E-state index is -1.09. The number of likely N-dealkylation sites (N-methyl/N-ethyl adjacent to an activating group) is 1. The zero-order chi connectivity index (χ0) is 14.7. The van der Waals surface area contributed by atoms with Crippen molar-refractivity contribution in [2.75, 3.05) is 11.9 Å². The second kappa shape index (κ2) is 6.12. The maximum atomic E-state index is 12.2. The number of nitrogens with two attached hydrogens (primary N) is 1. The van der Waals surface area contributed by atoms with E-state index in [1.165, 1.54) is 11.9 Å². The molecule has 1 aromatic heterocycles. The smallest absolute Gasteiger partial charge is 0.340 e. The summed E-state index contributed by atoms with van der Waals surface area (Å²) >= 11 is 0.996. The van der Waals surface area contributed by atoms with Crippen molar-refractivity contribution < 1.29 is 14.7 Å². The number of aryl methyl sites for hydroxylation is 1. The van der Waals surface area contributed by atoms with Gasteiger partial charge in [0.25, 0.3) is 0 Å². The molecule has 106 valence electrons. The van der Waals surface area contributed by atoms with Gasteiger partial charge in [0.2, 0.25) is 5.91 Å². The average Bonchev–Trinajstić information content (AvgIpc) is 2.77. The van der Waals surface area contributed by atoms with Crippen molar-refractivity contribution in [1.82, 2.24) is 4.37 Å². The summed E-state index contributed by atoms with van der Waals surface area (Å²) in [6, 6.07) is -0.640. The molecule has 0 spiro atoms. The Labute approximate surface area is 116 Å². The highest BCUT2D eigenvalue weighted by Crippen LogP contribution is 2.28. The fourth-order valence-electron chi connectivity index (χ4n) is 1.65. The van der Waals surface area contributed by atoms with E-state index in [9.17, 15) is 9.59 Å². The monoisotopic (exact) mass is 285 g/mol. The quantitative estimate of drug-likeness (QED) is 0.854. The normalized spacial score (nSPS) is 13.9. The topological polar surface area (TPSA) is 96.5 Å². The van der Waals surface area contributed by atoms with Gasteiger partial charge in [-0.2, -0.15) is 4.37 Å². The Morgan fingerprint density at radius 3 is 2.58 bits per heavy atom. The van der Waals surface area contributed by atoms with Crippen LogP contribution >= 0.6 is 11.5 Å². The number of carboxylic acid groups (broad SMARTS) is 1. The number of hydrogen-bond acceptors (Lipinski definition) is 5. The number of aromatic nitrogens is 1. The largest absolute Gasteiger partial charge is 0.478 e. The lowest BCUT2D eigenvalue weighted by Gasteiger charge is -2.23. The molecule has 0 saturated carbocycles. The van der Waals surface area contributed by atoms with E-state index < -0.39 is 12.0 Å². The zero-order valence-corrected chi connectivity index (χ0v) is 12.3. The van der Waals surface area contributed by atoms with Gasteiger partial charge < -0.3 is 15.7 Å². The Hall–Kier alpha value is -1.47. The van der Waals surface area contributed by atoms with Gasteiger partial charge in [0.05, 0.1) is 11.7 Å². The highest BCUT2D eigenvalue weighted by Gasteiger charge is 2.28. The molecule has 0 aliphatic carbocycles. The van der Waals surface area contributed by atoms with E-state index in [4.69, 9.17) is 10.8 Å². The first-order valence-corrected chi connectivity index (χ1v) is 6.81. The fraction of sp³-hybridized carbons (Fsp3) is 0.583. The van der Waals surface area contributed by atoms with Crippen molar-refractivity contribution in [3.63, 3.8) is 0 Å². The van der Waals surface area contributed by atoms with Gasteiger partial charge in [-0.1, -0.05) is 20.3 Å². The molecule has 1 aromatic rings. The van der Waals surface area contributed by atoms with Crippen LogP contribution in [0.3, 0.4) is 0 Å². The van der Waals surface area contributed by atoms with Crippen molar-refractivity contribution >= 4 is 28.4 Å². The summed E-state index contributed by atoms with van der Waals surface area (Å²) in [4.78, 5) is 24.7. The number of hydrogen-bond donors (Lipinski definition) is 2. The maximum absolute atomic E-state index is 12.2. The molecule has 7 heteroatoms. The minimum Gasteiger partial charge on any atom is -0.478 e. The van der Waals surface area contributed by atoms with Crippen molar-refractivity contribution in [2.45, 2.75) is 33.2 Å². The predicted octanol–water partition coefficient (Wildman–Crippen LogP) is 1.49. The van der Waals surface area contributed by atoms with E-state index in [0.717, 1.165) is 18.0 Å². The van der Waals surface area contributed by atoms with Crippen LogP contribution in [0.4, 0.5) is 5.00 Å². The number of carboxylic acids is 1. The first kappa shape index (κ1) is 15.6. The van der Waals surface area contributed by atoms with Gasteiger partial charge in [0, 0.05) is 7.05 Å². The minimum absolute atomic E-state index is 0.0391. The van der Waals surface area contributed by atoms with Gasteiger partial charge in [0.1, 0.15) is 10.6 Å². The number of carbonyl (C=O) groups is 2. The van der Waals surface area contributed by atoms with Crippen molar-refractivity contribution in [2.24, 2.45) is 11.7 Å². The van der Waals surface area contributed by atoms with Crippen LogP contribution in [-0.2, 0) is 4.79 Å². The Balaban J connectivity index is 3.04. The molecular weight excluding hydrogens is 266 g/mol. The van der Waals surface area contributed by atoms with E-state index in [2.05, 4.69) is 4.37 Å². The molecule has 0 fully saturated rings. The molecule has 0 aliphatic heterocycles. The number of aromatic carboxylic acids is 1. The average molecular weight is 285 g/mol. The summed E-state index contributed by atoms with van der Waals surface area (Å²) in [6.07, 6.45) is 0.786. The SMILES string of the molecule is CC[C@H](C)[C@H](N)C(=O)N(C)c1snc(C)c1C(=O)O. The second-order valence-electron chi connectivity index (χ2n) is 4.56. The number of nitrogens with zero attached hydrogens (tertiary/aromatic N) is 2. The van der Waals surface area contributed by atoms with Crippen LogP contribution in [0.1, 0.15) is 36.3 Å². The third-order valence-electron chi connectivity index (χ3n) is 3.24. The predicted molar refractivity (Wildman–Crippen MR) is 74.7 cm³/mol. The molecule has 0 unspecified atom stereocenters. The molecule has 6 nitrogen and oxygen atoms in total. The molecule has 0 aromatic carbocycles. The fourth-order valence-corrected chi connectivity index (χ4v) is 2.51. The van der Waals surface area contributed by atoms with Gasteiger partial charge >= 0.3 is 5.97 Å². The Morgan fingerprint density at radius 2 is 2.11 bits per heavy atom. The summed E-state index contributed by atoms with van der Waals surface area (Å²) in [5, 5.41) is 9.49. The van der Waals surface area contributed by atoms with E-state index in [0.29, 0.717) is 10.7 Å². The molecule has 1 rings (SSSR count). The second-order valence-corrected chi connectivity index (χ2v) is 5.31. The molecule has 0 saturated heterocycles. The van der Waals surface area contributed by atoms with Gasteiger partial charge in [-0.15, -0.1) is 0 Å². The molecule has 2 atom stereocenters. The third-order valence-corrected chi connectivity index (χ3v) is 4.25. The van der Waals surface area contributed by atoms with Crippen LogP contribution in [0.5, 0.6) is 0 Å². The first-order chi connectivity index (χ1) is 8.81. The summed E-state index contributed by atoms with van der Waals surface area (Å²) in [7, 11) is 1.53. The van der Waals surface area contributed by atoms with E-state index in [-0.39, 0.29) is 17.4 Å². The highest BCUT2D eigenvalue weighted by molar-refractivity contribution is 7.11. The number of carbonyl (C=O) groups excluding carboxylic acids is 1. The lowest BCUT2D eigenvalue weighted by atomic mass is 9.99. The number of rotatable bonds is 5. The third kappa shape index (κ3) is 3.10. The van der Waals surface area contributed by atoms with Crippen LogP contribution in [0.25, 0.3) is 0 Å². The standard InChI is InChI=1S/C12H19N3O3S/c1-5-6(2)9(13)10(16)15(4)11-8(12(17)18)7(3)14-19-11/h6,9H,5,13H2,1-4H3,(H,17,18)/t6-,9-/m0/s1. The van der Waals surface area contributed by atoms with Gasteiger partial charge in [0.15, 0.2) is 0 Å². The van der Waals surface area contributed by atoms with Crippen LogP contribution < -0.4 is 10.6 Å². The summed E-state index contributed by atoms with van der Waals surface area (Å²) in [6.45, 7) is 5.46. The molecule has 3 N–H and O–H groups in total. The van der Waals surface area contributed by atoms with Crippen LogP contribution in [-0.4, -0.2) is 34.4 Å². The first-order valence-electron chi connectivity index (χ1n) is 6.03. The van der Waals surface area contributed by atoms with Crippen molar-refractivity contribution in [3.8, 4) is 0 Å². The highest BCUT2D eigenvalue weighted by atomic mass is 32.1. The molecule has 19 heavy (non-hydrogen) atoms. The summed E-state index contributed by atoms with van der Waals surface area (Å²) < 4.78 is 3.99. The van der Waals surface area contributed by atoms with E-state index in [1.54, 1.807) is 6.92 Å². The van der Waals surface area contributed by atoms with Gasteiger partial charge in [-0.3, -0.25) is 4.79 Å². The van der Waals surface area contributed by atoms with Crippen LogP contribution in [0.15, 0.2) is 0 Å². The molecule has 0 bridgehead atoms. The molecule has 0 aliphatic rings. The number of amides is 1.